The topological polar surface area (TPSA) is 21.3 Å². The fourth-order valence-corrected chi connectivity index (χ4v) is 2.82. The highest BCUT2D eigenvalue weighted by Gasteiger charge is 2.29. The fourth-order valence-electron chi connectivity index (χ4n) is 2.82. The first-order chi connectivity index (χ1) is 10.2. The number of ether oxygens (including phenoxy) is 1. The van der Waals surface area contributed by atoms with Gasteiger partial charge in [0.25, 0.3) is 0 Å². The summed E-state index contributed by atoms with van der Waals surface area (Å²) in [6.45, 7) is 0.866. The van der Waals surface area contributed by atoms with Crippen molar-refractivity contribution >= 4 is 0 Å². The highest BCUT2D eigenvalue weighted by Crippen LogP contribution is 2.37. The number of benzene rings is 2. The lowest BCUT2D eigenvalue weighted by atomic mass is 9.76. The predicted molar refractivity (Wildman–Crippen MR) is 82.0 cm³/mol. The molecule has 1 aliphatic carbocycles. The highest BCUT2D eigenvalue weighted by molar-refractivity contribution is 5.27. The quantitative estimate of drug-likeness (QED) is 0.900. The first-order valence-corrected chi connectivity index (χ1v) is 7.36. The molecule has 110 valence electrons. The molecule has 1 N–H and O–H groups in total. The third-order valence-electron chi connectivity index (χ3n) is 4.21. The van der Waals surface area contributed by atoms with Gasteiger partial charge in [-0.1, -0.05) is 24.3 Å². The van der Waals surface area contributed by atoms with Gasteiger partial charge < -0.3 is 10.1 Å². The first-order valence-electron chi connectivity index (χ1n) is 7.36. The molecule has 0 saturated heterocycles. The van der Waals surface area contributed by atoms with Crippen LogP contribution in [0.3, 0.4) is 0 Å². The van der Waals surface area contributed by atoms with Crippen LogP contribution in [0.15, 0.2) is 48.5 Å². The zero-order valence-corrected chi connectivity index (χ0v) is 12.2. The molecule has 2 aromatic rings. The molecule has 0 heterocycles. The van der Waals surface area contributed by atoms with Crippen molar-refractivity contribution in [3.05, 3.63) is 65.5 Å². The van der Waals surface area contributed by atoms with E-state index in [1.165, 1.54) is 11.6 Å². The monoisotopic (exact) mass is 285 g/mol. The standard InChI is InChI=1S/C18H20FNO/c1-21-18-7-5-13(6-8-18)12-20-17-10-15(11-17)14-3-2-4-16(19)9-14/h2-9,15,17,20H,10-12H2,1H3. The second-order valence-electron chi connectivity index (χ2n) is 5.65. The van der Waals surface area contributed by atoms with Gasteiger partial charge in [-0.2, -0.15) is 0 Å². The van der Waals surface area contributed by atoms with Crippen LogP contribution in [0.2, 0.25) is 0 Å². The van der Waals surface area contributed by atoms with Crippen LogP contribution in [0, 0.1) is 5.82 Å². The van der Waals surface area contributed by atoms with Crippen LogP contribution in [0.1, 0.15) is 29.9 Å². The second-order valence-corrected chi connectivity index (χ2v) is 5.65. The maximum Gasteiger partial charge on any atom is 0.123 e. The van der Waals surface area contributed by atoms with E-state index in [0.29, 0.717) is 12.0 Å². The van der Waals surface area contributed by atoms with Gasteiger partial charge >= 0.3 is 0 Å². The molecule has 0 unspecified atom stereocenters. The van der Waals surface area contributed by atoms with Crippen molar-refractivity contribution in [2.45, 2.75) is 31.3 Å². The fraction of sp³-hybridized carbons (Fsp3) is 0.333. The number of methoxy groups -OCH3 is 1. The van der Waals surface area contributed by atoms with Crippen molar-refractivity contribution in [3.63, 3.8) is 0 Å². The lowest BCUT2D eigenvalue weighted by molar-refractivity contribution is 0.289. The summed E-state index contributed by atoms with van der Waals surface area (Å²) in [6.07, 6.45) is 2.17. The average Bonchev–Trinajstić information content (AvgIpc) is 2.46. The lowest BCUT2D eigenvalue weighted by Gasteiger charge is -2.36. The van der Waals surface area contributed by atoms with Crippen LogP contribution in [0.5, 0.6) is 5.75 Å². The van der Waals surface area contributed by atoms with Crippen LogP contribution in [-0.2, 0) is 6.54 Å². The number of rotatable bonds is 5. The summed E-state index contributed by atoms with van der Waals surface area (Å²) in [5.41, 5.74) is 2.38. The van der Waals surface area contributed by atoms with Gasteiger partial charge in [-0.25, -0.2) is 4.39 Å². The molecular formula is C18H20FNO. The SMILES string of the molecule is COc1ccc(CNC2CC(c3cccc(F)c3)C2)cc1. The molecule has 0 amide bonds. The van der Waals surface area contributed by atoms with Crippen molar-refractivity contribution in [2.75, 3.05) is 7.11 Å². The second kappa shape index (κ2) is 6.27. The van der Waals surface area contributed by atoms with E-state index in [9.17, 15) is 4.39 Å². The molecule has 3 rings (SSSR count). The van der Waals surface area contributed by atoms with E-state index in [1.807, 2.05) is 18.2 Å². The third kappa shape index (κ3) is 3.42. The predicted octanol–water partition coefficient (Wildman–Crippen LogP) is 3.87. The van der Waals surface area contributed by atoms with Gasteiger partial charge in [0.1, 0.15) is 11.6 Å². The van der Waals surface area contributed by atoms with Gasteiger partial charge in [-0.15, -0.1) is 0 Å². The maximum atomic E-state index is 13.2. The summed E-state index contributed by atoms with van der Waals surface area (Å²) in [4.78, 5) is 0. The smallest absolute Gasteiger partial charge is 0.123 e. The van der Waals surface area contributed by atoms with Gasteiger partial charge in [0.15, 0.2) is 0 Å². The molecule has 0 atom stereocenters. The molecule has 2 aromatic carbocycles. The summed E-state index contributed by atoms with van der Waals surface area (Å²) in [6, 6.07) is 15.6. The van der Waals surface area contributed by atoms with Crippen molar-refractivity contribution in [3.8, 4) is 5.75 Å². The van der Waals surface area contributed by atoms with E-state index in [2.05, 4.69) is 17.4 Å². The molecule has 0 spiro atoms. The minimum atomic E-state index is -0.137. The molecular weight excluding hydrogens is 265 g/mol. The summed E-state index contributed by atoms with van der Waals surface area (Å²) in [7, 11) is 1.67. The van der Waals surface area contributed by atoms with Crippen LogP contribution in [0.4, 0.5) is 4.39 Å². The van der Waals surface area contributed by atoms with E-state index in [-0.39, 0.29) is 5.82 Å². The summed E-state index contributed by atoms with van der Waals surface area (Å²) >= 11 is 0. The molecule has 1 aliphatic rings. The Hall–Kier alpha value is -1.87. The Morgan fingerprint density at radius 3 is 2.57 bits per heavy atom. The van der Waals surface area contributed by atoms with E-state index in [1.54, 1.807) is 19.2 Å². The highest BCUT2D eigenvalue weighted by atomic mass is 19.1. The van der Waals surface area contributed by atoms with E-state index in [4.69, 9.17) is 4.74 Å². The summed E-state index contributed by atoms with van der Waals surface area (Å²) in [5.74, 6) is 1.24. The molecule has 21 heavy (non-hydrogen) atoms. The van der Waals surface area contributed by atoms with Crippen LogP contribution >= 0.6 is 0 Å². The number of nitrogens with one attached hydrogen (secondary N) is 1. The van der Waals surface area contributed by atoms with E-state index >= 15 is 0 Å². The van der Waals surface area contributed by atoms with Gasteiger partial charge in [0, 0.05) is 12.6 Å². The Bertz CT molecular complexity index is 590. The molecule has 0 aliphatic heterocycles. The van der Waals surface area contributed by atoms with Crippen LogP contribution in [0.25, 0.3) is 0 Å². The number of hydrogen-bond acceptors (Lipinski definition) is 2. The lowest BCUT2D eigenvalue weighted by Crippen LogP contribution is -2.39. The molecule has 0 radical (unpaired) electrons. The van der Waals surface area contributed by atoms with Gasteiger partial charge in [0.05, 0.1) is 7.11 Å². The zero-order chi connectivity index (χ0) is 14.7. The third-order valence-corrected chi connectivity index (χ3v) is 4.21. The molecule has 0 aromatic heterocycles. The molecule has 3 heteroatoms. The van der Waals surface area contributed by atoms with Crippen molar-refractivity contribution in [1.82, 2.24) is 5.32 Å². The van der Waals surface area contributed by atoms with Crippen LogP contribution < -0.4 is 10.1 Å². The Labute approximate surface area is 125 Å². The van der Waals surface area contributed by atoms with Crippen LogP contribution in [-0.4, -0.2) is 13.2 Å². The van der Waals surface area contributed by atoms with Crippen molar-refractivity contribution in [1.29, 1.82) is 0 Å². The van der Waals surface area contributed by atoms with E-state index < -0.39 is 0 Å². The Kier molecular flexibility index (Phi) is 4.20. The zero-order valence-electron chi connectivity index (χ0n) is 12.2. The maximum absolute atomic E-state index is 13.2. The van der Waals surface area contributed by atoms with Crippen molar-refractivity contribution in [2.24, 2.45) is 0 Å². The molecule has 1 fully saturated rings. The van der Waals surface area contributed by atoms with Gasteiger partial charge in [0.2, 0.25) is 0 Å². The first kappa shape index (κ1) is 14.1. The minimum absolute atomic E-state index is 0.137. The van der Waals surface area contributed by atoms with Gasteiger partial charge in [-0.05, 0) is 54.2 Å². The number of hydrogen-bond donors (Lipinski definition) is 1. The normalized spacial score (nSPS) is 20.9. The average molecular weight is 285 g/mol. The molecule has 0 bridgehead atoms. The summed E-state index contributed by atoms with van der Waals surface area (Å²) < 4.78 is 18.3. The van der Waals surface area contributed by atoms with E-state index in [0.717, 1.165) is 30.7 Å². The Morgan fingerprint density at radius 1 is 1.14 bits per heavy atom. The minimum Gasteiger partial charge on any atom is -0.497 e. The Balaban J connectivity index is 1.46. The number of halogens is 1. The molecule has 1 saturated carbocycles. The molecule has 2 nitrogen and oxygen atoms in total. The van der Waals surface area contributed by atoms with Gasteiger partial charge in [-0.3, -0.25) is 0 Å². The largest absolute Gasteiger partial charge is 0.497 e. The summed E-state index contributed by atoms with van der Waals surface area (Å²) in [5, 5.41) is 3.55. The Morgan fingerprint density at radius 2 is 1.90 bits per heavy atom. The van der Waals surface area contributed by atoms with Crippen molar-refractivity contribution < 1.29 is 9.13 Å².